The smallest absolute Gasteiger partial charge is 0.338 e. The van der Waals surface area contributed by atoms with Crippen LogP contribution in [0.25, 0.3) is 10.8 Å². The Kier molecular flexibility index (Phi) is 5.93. The molecule has 1 saturated carbocycles. The first-order valence-electron chi connectivity index (χ1n) is 10.9. The molecule has 1 aliphatic carbocycles. The molecule has 4 nitrogen and oxygen atoms in total. The van der Waals surface area contributed by atoms with Gasteiger partial charge in [-0.05, 0) is 64.7 Å². The van der Waals surface area contributed by atoms with Crippen molar-refractivity contribution >= 4 is 34.1 Å². The van der Waals surface area contributed by atoms with Crippen LogP contribution in [0.5, 0.6) is 0 Å². The Bertz CT molecular complexity index is 1320. The van der Waals surface area contributed by atoms with E-state index in [-0.39, 0.29) is 30.2 Å². The van der Waals surface area contributed by atoms with Crippen LogP contribution in [-0.2, 0) is 22.6 Å². The molecular weight excluding hydrogens is 434 g/mol. The topological polar surface area (TPSA) is 56.3 Å². The van der Waals surface area contributed by atoms with Crippen molar-refractivity contribution in [3.63, 3.8) is 0 Å². The number of carbonyl (C=O) groups excluding carboxylic acids is 2. The van der Waals surface area contributed by atoms with Crippen molar-refractivity contribution in [1.82, 2.24) is 4.98 Å². The summed E-state index contributed by atoms with van der Waals surface area (Å²) in [5, 5.41) is 2.59. The van der Waals surface area contributed by atoms with E-state index in [0.29, 0.717) is 17.0 Å². The van der Waals surface area contributed by atoms with E-state index in [1.165, 1.54) is 0 Å². The van der Waals surface area contributed by atoms with Gasteiger partial charge in [0.2, 0.25) is 0 Å². The number of fused-ring (bicyclic) bond motifs is 1. The average molecular weight is 456 g/mol. The van der Waals surface area contributed by atoms with Crippen LogP contribution in [0.4, 0.5) is 0 Å². The van der Waals surface area contributed by atoms with Crippen molar-refractivity contribution in [2.24, 2.45) is 5.92 Å². The highest BCUT2D eigenvalue weighted by atomic mass is 35.5. The summed E-state index contributed by atoms with van der Waals surface area (Å²) in [7, 11) is 0. The van der Waals surface area contributed by atoms with Crippen LogP contribution in [-0.4, -0.2) is 16.7 Å². The number of pyridine rings is 1. The molecule has 5 rings (SSSR count). The van der Waals surface area contributed by atoms with Crippen molar-refractivity contribution < 1.29 is 14.3 Å². The third-order valence-corrected chi connectivity index (χ3v) is 6.51. The first kappa shape index (κ1) is 21.4. The molecule has 0 radical (unpaired) electrons. The lowest BCUT2D eigenvalue weighted by Crippen LogP contribution is -2.07. The summed E-state index contributed by atoms with van der Waals surface area (Å²) in [4.78, 5) is 29.3. The number of nitrogens with zero attached hydrogens (tertiary/aromatic N) is 1. The molecule has 2 atom stereocenters. The largest absolute Gasteiger partial charge is 0.457 e. The van der Waals surface area contributed by atoms with Gasteiger partial charge in [-0.15, -0.1) is 0 Å². The van der Waals surface area contributed by atoms with Gasteiger partial charge in [-0.3, -0.25) is 9.78 Å². The number of aromatic nitrogens is 1. The number of ketones is 1. The van der Waals surface area contributed by atoms with Crippen LogP contribution in [0.1, 0.15) is 39.4 Å². The van der Waals surface area contributed by atoms with Crippen molar-refractivity contribution in [2.75, 3.05) is 0 Å². The predicted molar refractivity (Wildman–Crippen MR) is 128 cm³/mol. The highest BCUT2D eigenvalue weighted by Gasteiger charge is 2.43. The van der Waals surface area contributed by atoms with E-state index in [1.54, 1.807) is 24.5 Å². The van der Waals surface area contributed by atoms with Gasteiger partial charge in [0.25, 0.3) is 0 Å². The molecule has 0 amide bonds. The number of hydrogen-bond acceptors (Lipinski definition) is 4. The minimum atomic E-state index is -0.352. The van der Waals surface area contributed by atoms with Crippen LogP contribution in [0.15, 0.2) is 85.2 Å². The quantitative estimate of drug-likeness (QED) is 0.313. The standard InChI is InChI=1S/C28H22ClNO3/c29-26-13-23-16-30-11-10-21(23)12-22(26)14-27(31)25-15-24(25)19-6-8-20(9-7-19)28(32)33-17-18-4-2-1-3-5-18/h1-13,16,24-25H,14-15,17H2/t24-,25+/m0/s1. The number of hydrogen-bond donors (Lipinski definition) is 0. The normalized spacial score (nSPS) is 17.0. The zero-order chi connectivity index (χ0) is 22.8. The number of halogens is 1. The molecule has 0 saturated heterocycles. The molecular formula is C28H22ClNO3. The van der Waals surface area contributed by atoms with E-state index in [4.69, 9.17) is 16.3 Å². The van der Waals surface area contributed by atoms with E-state index in [1.807, 2.05) is 60.7 Å². The zero-order valence-electron chi connectivity index (χ0n) is 17.9. The van der Waals surface area contributed by atoms with Crippen LogP contribution in [0.3, 0.4) is 0 Å². The van der Waals surface area contributed by atoms with Crippen molar-refractivity contribution in [3.8, 4) is 0 Å². The van der Waals surface area contributed by atoms with Gasteiger partial charge in [-0.1, -0.05) is 54.1 Å². The molecule has 1 fully saturated rings. The van der Waals surface area contributed by atoms with E-state index in [2.05, 4.69) is 4.98 Å². The zero-order valence-corrected chi connectivity index (χ0v) is 18.7. The molecule has 0 unspecified atom stereocenters. The second kappa shape index (κ2) is 9.16. The van der Waals surface area contributed by atoms with Gasteiger partial charge >= 0.3 is 5.97 Å². The second-order valence-electron chi connectivity index (χ2n) is 8.44. The molecule has 0 aliphatic heterocycles. The fourth-order valence-electron chi connectivity index (χ4n) is 4.20. The first-order valence-corrected chi connectivity index (χ1v) is 11.3. The Labute approximate surface area is 197 Å². The highest BCUT2D eigenvalue weighted by molar-refractivity contribution is 6.32. The molecule has 1 aromatic heterocycles. The van der Waals surface area contributed by atoms with Crippen LogP contribution < -0.4 is 0 Å². The Morgan fingerprint density at radius 3 is 2.55 bits per heavy atom. The number of esters is 1. The van der Waals surface area contributed by atoms with E-state index in [0.717, 1.165) is 33.9 Å². The predicted octanol–water partition coefficient (Wildman–Crippen LogP) is 6.16. The van der Waals surface area contributed by atoms with E-state index in [9.17, 15) is 9.59 Å². The third kappa shape index (κ3) is 4.81. The lowest BCUT2D eigenvalue weighted by atomic mass is 10.00. The van der Waals surface area contributed by atoms with Gasteiger partial charge in [0, 0.05) is 35.1 Å². The van der Waals surface area contributed by atoms with Gasteiger partial charge in [0.05, 0.1) is 5.56 Å². The van der Waals surface area contributed by atoms with Crippen LogP contribution >= 0.6 is 11.6 Å². The molecule has 1 aliphatic rings. The summed E-state index contributed by atoms with van der Waals surface area (Å²) in [6, 6.07) is 22.8. The fraction of sp³-hybridized carbons (Fsp3) is 0.179. The second-order valence-corrected chi connectivity index (χ2v) is 8.85. The van der Waals surface area contributed by atoms with Gasteiger partial charge in [-0.2, -0.15) is 0 Å². The van der Waals surface area contributed by atoms with Crippen molar-refractivity contribution in [3.05, 3.63) is 112 Å². The summed E-state index contributed by atoms with van der Waals surface area (Å²) in [6.07, 6.45) is 4.65. The molecule has 4 aromatic rings. The molecule has 164 valence electrons. The van der Waals surface area contributed by atoms with Gasteiger partial charge in [-0.25, -0.2) is 4.79 Å². The van der Waals surface area contributed by atoms with Gasteiger partial charge in [0.1, 0.15) is 12.4 Å². The van der Waals surface area contributed by atoms with Crippen LogP contribution in [0, 0.1) is 5.92 Å². The monoisotopic (exact) mass is 455 g/mol. The summed E-state index contributed by atoms with van der Waals surface area (Å²) >= 11 is 6.41. The maximum absolute atomic E-state index is 12.9. The lowest BCUT2D eigenvalue weighted by molar-refractivity contribution is -0.119. The molecule has 5 heteroatoms. The number of rotatable bonds is 7. The van der Waals surface area contributed by atoms with Crippen molar-refractivity contribution in [1.29, 1.82) is 0 Å². The fourth-order valence-corrected chi connectivity index (χ4v) is 4.44. The molecule has 1 heterocycles. The molecule has 0 bridgehead atoms. The summed E-state index contributed by atoms with van der Waals surface area (Å²) in [5.74, 6) is 0.0250. The SMILES string of the molecule is O=C(OCc1ccccc1)c1ccc([C@@H]2C[C@H]2C(=O)Cc2cc3ccncc3cc2Cl)cc1. The number of carbonyl (C=O) groups is 2. The molecule has 3 aromatic carbocycles. The molecule has 0 N–H and O–H groups in total. The Balaban J connectivity index is 1.19. The maximum Gasteiger partial charge on any atom is 0.338 e. The van der Waals surface area contributed by atoms with E-state index < -0.39 is 0 Å². The Hall–Kier alpha value is -3.50. The van der Waals surface area contributed by atoms with Gasteiger partial charge in [0.15, 0.2) is 0 Å². The minimum absolute atomic E-state index is 0.00918. The summed E-state index contributed by atoms with van der Waals surface area (Å²) in [6.45, 7) is 0.245. The average Bonchev–Trinajstić information content (AvgIpc) is 3.65. The molecule has 33 heavy (non-hydrogen) atoms. The number of ether oxygens (including phenoxy) is 1. The number of benzene rings is 3. The highest BCUT2D eigenvalue weighted by Crippen LogP contribution is 2.48. The van der Waals surface area contributed by atoms with Gasteiger partial charge < -0.3 is 4.74 Å². The summed E-state index contributed by atoms with van der Waals surface area (Å²) < 4.78 is 5.39. The number of Topliss-reactive ketones (excluding diaryl/α,β-unsaturated/α-hetero) is 1. The van der Waals surface area contributed by atoms with Crippen molar-refractivity contribution in [2.45, 2.75) is 25.4 Å². The Morgan fingerprint density at radius 1 is 0.970 bits per heavy atom. The Morgan fingerprint density at radius 2 is 1.76 bits per heavy atom. The van der Waals surface area contributed by atoms with E-state index >= 15 is 0 Å². The van der Waals surface area contributed by atoms with Crippen LogP contribution in [0.2, 0.25) is 5.02 Å². The molecule has 0 spiro atoms. The third-order valence-electron chi connectivity index (χ3n) is 6.16. The maximum atomic E-state index is 12.9. The lowest BCUT2D eigenvalue weighted by Gasteiger charge is -2.07. The summed E-state index contributed by atoms with van der Waals surface area (Å²) in [5.41, 5.74) is 3.38. The first-order chi connectivity index (χ1) is 16.1. The minimum Gasteiger partial charge on any atom is -0.457 e.